The normalized spacial score (nSPS) is 10.6. The second-order valence-corrected chi connectivity index (χ2v) is 6.62. The Morgan fingerprint density at radius 3 is 2.63 bits per heavy atom. The Hall–Kier alpha value is -4.00. The van der Waals surface area contributed by atoms with Crippen molar-refractivity contribution in [2.24, 2.45) is 0 Å². The lowest BCUT2D eigenvalue weighted by Crippen LogP contribution is -2.16. The summed E-state index contributed by atoms with van der Waals surface area (Å²) in [5.41, 5.74) is 3.20. The molecule has 0 bridgehead atoms. The number of rotatable bonds is 7. The molecule has 1 N–H and O–H groups in total. The van der Waals surface area contributed by atoms with E-state index in [1.54, 1.807) is 19.5 Å². The van der Waals surface area contributed by atoms with Gasteiger partial charge in [0.1, 0.15) is 5.75 Å². The Labute approximate surface area is 173 Å². The molecule has 2 heterocycles. The van der Waals surface area contributed by atoms with Gasteiger partial charge in [0.2, 0.25) is 17.6 Å². The van der Waals surface area contributed by atoms with Crippen LogP contribution in [0.3, 0.4) is 0 Å². The van der Waals surface area contributed by atoms with E-state index in [1.165, 1.54) is 0 Å². The van der Waals surface area contributed by atoms with E-state index in [0.717, 1.165) is 16.7 Å². The Balaban J connectivity index is 1.48. The van der Waals surface area contributed by atoms with E-state index < -0.39 is 0 Å². The van der Waals surface area contributed by atoms with Crippen molar-refractivity contribution in [1.29, 1.82) is 0 Å². The fourth-order valence-corrected chi connectivity index (χ4v) is 3.11. The Kier molecular flexibility index (Phi) is 5.80. The molecular formula is C23H20N4O3. The van der Waals surface area contributed by atoms with Crippen molar-refractivity contribution < 1.29 is 14.1 Å². The number of aromatic nitrogens is 3. The Morgan fingerprint density at radius 1 is 1.03 bits per heavy atom. The summed E-state index contributed by atoms with van der Waals surface area (Å²) < 4.78 is 10.7. The molecule has 0 fully saturated rings. The van der Waals surface area contributed by atoms with E-state index in [1.807, 2.05) is 60.7 Å². The van der Waals surface area contributed by atoms with Gasteiger partial charge in [-0.05, 0) is 29.8 Å². The van der Waals surface area contributed by atoms with Crippen LogP contribution in [0.2, 0.25) is 0 Å². The van der Waals surface area contributed by atoms with Gasteiger partial charge < -0.3 is 14.6 Å². The molecule has 0 spiro atoms. The van der Waals surface area contributed by atoms with Crippen molar-refractivity contribution >= 4 is 11.6 Å². The smallest absolute Gasteiger partial charge is 0.231 e. The quantitative estimate of drug-likeness (QED) is 0.506. The number of benzene rings is 2. The van der Waals surface area contributed by atoms with Gasteiger partial charge in [-0.2, -0.15) is 4.98 Å². The van der Waals surface area contributed by atoms with Gasteiger partial charge in [0.25, 0.3) is 0 Å². The van der Waals surface area contributed by atoms with Crippen LogP contribution in [0.5, 0.6) is 5.75 Å². The summed E-state index contributed by atoms with van der Waals surface area (Å²) in [6.07, 6.45) is 3.98. The first kappa shape index (κ1) is 19.3. The number of para-hydroxylation sites is 2. The standard InChI is InChI=1S/C23H20N4O3/c1-29-20-11-5-3-8-17(20)13-21(28)25-19-10-4-2-7-16(19)14-22-26-23(27-30-22)18-9-6-12-24-15-18/h2-12,15H,13-14H2,1H3,(H,25,28). The van der Waals surface area contributed by atoms with E-state index >= 15 is 0 Å². The van der Waals surface area contributed by atoms with Gasteiger partial charge >= 0.3 is 0 Å². The molecule has 0 saturated carbocycles. The van der Waals surface area contributed by atoms with Crippen LogP contribution >= 0.6 is 0 Å². The number of anilines is 1. The minimum Gasteiger partial charge on any atom is -0.496 e. The van der Waals surface area contributed by atoms with Crippen LogP contribution in [0.4, 0.5) is 5.69 Å². The first-order valence-corrected chi connectivity index (χ1v) is 9.45. The van der Waals surface area contributed by atoms with Crippen molar-refractivity contribution in [1.82, 2.24) is 15.1 Å². The summed E-state index contributed by atoms with van der Waals surface area (Å²) >= 11 is 0. The van der Waals surface area contributed by atoms with Crippen molar-refractivity contribution in [2.75, 3.05) is 12.4 Å². The highest BCUT2D eigenvalue weighted by Crippen LogP contribution is 2.22. The first-order chi connectivity index (χ1) is 14.7. The van der Waals surface area contributed by atoms with E-state index in [9.17, 15) is 4.79 Å². The largest absolute Gasteiger partial charge is 0.496 e. The van der Waals surface area contributed by atoms with Gasteiger partial charge in [-0.15, -0.1) is 0 Å². The number of carbonyl (C=O) groups is 1. The summed E-state index contributed by atoms with van der Waals surface area (Å²) in [6, 6.07) is 18.7. The van der Waals surface area contributed by atoms with E-state index in [-0.39, 0.29) is 12.3 Å². The molecule has 0 aliphatic carbocycles. The third-order valence-electron chi connectivity index (χ3n) is 4.56. The molecule has 0 saturated heterocycles. The number of hydrogen-bond donors (Lipinski definition) is 1. The van der Waals surface area contributed by atoms with Gasteiger partial charge in [-0.25, -0.2) is 0 Å². The lowest BCUT2D eigenvalue weighted by molar-refractivity contribution is -0.115. The van der Waals surface area contributed by atoms with Crippen LogP contribution in [0.1, 0.15) is 17.0 Å². The zero-order valence-corrected chi connectivity index (χ0v) is 16.4. The van der Waals surface area contributed by atoms with Gasteiger partial charge in [0.05, 0.1) is 20.0 Å². The highest BCUT2D eigenvalue weighted by molar-refractivity contribution is 5.93. The molecular weight excluding hydrogens is 380 g/mol. The van der Waals surface area contributed by atoms with Crippen molar-refractivity contribution in [2.45, 2.75) is 12.8 Å². The van der Waals surface area contributed by atoms with Crippen LogP contribution in [0.15, 0.2) is 77.6 Å². The molecule has 0 aliphatic rings. The summed E-state index contributed by atoms with van der Waals surface area (Å²) in [5, 5.41) is 7.00. The molecule has 30 heavy (non-hydrogen) atoms. The molecule has 150 valence electrons. The number of pyridine rings is 1. The Morgan fingerprint density at radius 2 is 1.83 bits per heavy atom. The minimum atomic E-state index is -0.131. The SMILES string of the molecule is COc1ccccc1CC(=O)Nc1ccccc1Cc1nc(-c2cccnc2)no1. The number of nitrogens with one attached hydrogen (secondary N) is 1. The predicted molar refractivity (Wildman–Crippen MR) is 112 cm³/mol. The molecule has 4 rings (SSSR count). The number of hydrogen-bond acceptors (Lipinski definition) is 6. The number of carbonyl (C=O) groups excluding carboxylic acids is 1. The Bertz CT molecular complexity index is 1140. The summed E-state index contributed by atoms with van der Waals surface area (Å²) in [5.74, 6) is 1.50. The first-order valence-electron chi connectivity index (χ1n) is 9.45. The van der Waals surface area contributed by atoms with Crippen molar-refractivity contribution in [3.63, 3.8) is 0 Å². The fraction of sp³-hybridized carbons (Fsp3) is 0.130. The summed E-state index contributed by atoms with van der Waals surface area (Å²) in [7, 11) is 1.59. The maximum atomic E-state index is 12.6. The van der Waals surface area contributed by atoms with Crippen LogP contribution in [0.25, 0.3) is 11.4 Å². The second kappa shape index (κ2) is 9.00. The van der Waals surface area contributed by atoms with Gasteiger partial charge in [0, 0.05) is 29.2 Å². The zero-order chi connectivity index (χ0) is 20.8. The number of amides is 1. The second-order valence-electron chi connectivity index (χ2n) is 6.62. The predicted octanol–water partition coefficient (Wildman–Crippen LogP) is 3.91. The maximum Gasteiger partial charge on any atom is 0.231 e. The molecule has 0 unspecified atom stereocenters. The van der Waals surface area contributed by atoms with Crippen LogP contribution in [-0.4, -0.2) is 28.1 Å². The fourth-order valence-electron chi connectivity index (χ4n) is 3.11. The van der Waals surface area contributed by atoms with Crippen molar-refractivity contribution in [3.8, 4) is 17.1 Å². The van der Waals surface area contributed by atoms with Crippen LogP contribution in [0, 0.1) is 0 Å². The van der Waals surface area contributed by atoms with E-state index in [4.69, 9.17) is 9.26 Å². The minimum absolute atomic E-state index is 0.131. The zero-order valence-electron chi connectivity index (χ0n) is 16.4. The average molecular weight is 400 g/mol. The highest BCUT2D eigenvalue weighted by Gasteiger charge is 2.14. The lowest BCUT2D eigenvalue weighted by Gasteiger charge is -2.11. The number of methoxy groups -OCH3 is 1. The molecule has 1 amide bonds. The number of ether oxygens (including phenoxy) is 1. The van der Waals surface area contributed by atoms with Crippen LogP contribution < -0.4 is 10.1 Å². The lowest BCUT2D eigenvalue weighted by atomic mass is 10.1. The third-order valence-corrected chi connectivity index (χ3v) is 4.56. The molecule has 2 aromatic carbocycles. The molecule has 7 heteroatoms. The monoisotopic (exact) mass is 400 g/mol. The third kappa shape index (κ3) is 4.52. The average Bonchev–Trinajstić information content (AvgIpc) is 3.25. The van der Waals surface area contributed by atoms with E-state index in [0.29, 0.717) is 29.6 Å². The summed E-state index contributed by atoms with van der Waals surface area (Å²) in [4.78, 5) is 21.1. The topological polar surface area (TPSA) is 90.1 Å². The highest BCUT2D eigenvalue weighted by atomic mass is 16.5. The van der Waals surface area contributed by atoms with Gasteiger partial charge in [-0.1, -0.05) is 41.6 Å². The van der Waals surface area contributed by atoms with Gasteiger partial charge in [-0.3, -0.25) is 9.78 Å². The van der Waals surface area contributed by atoms with Crippen LogP contribution in [-0.2, 0) is 17.6 Å². The van der Waals surface area contributed by atoms with Gasteiger partial charge in [0.15, 0.2) is 0 Å². The molecule has 0 aliphatic heterocycles. The molecule has 7 nitrogen and oxygen atoms in total. The maximum absolute atomic E-state index is 12.6. The number of nitrogens with zero attached hydrogens (tertiary/aromatic N) is 3. The van der Waals surface area contributed by atoms with E-state index in [2.05, 4.69) is 20.4 Å². The molecule has 0 radical (unpaired) electrons. The molecule has 2 aromatic heterocycles. The molecule has 0 atom stereocenters. The van der Waals surface area contributed by atoms with Crippen molar-refractivity contribution in [3.05, 3.63) is 90.1 Å². The molecule has 4 aromatic rings. The summed E-state index contributed by atoms with van der Waals surface area (Å²) in [6.45, 7) is 0.